The molecule has 0 bridgehead atoms. The molecule has 4 aromatic rings. The number of rotatable bonds is 4. The number of ether oxygens (including phenoxy) is 1. The molecule has 1 aliphatic heterocycles. The monoisotopic (exact) mass is 431 g/mol. The van der Waals surface area contributed by atoms with Crippen molar-refractivity contribution in [1.82, 2.24) is 29.2 Å². The summed E-state index contributed by atoms with van der Waals surface area (Å²) in [6.07, 6.45) is 9.75. The Kier molecular flexibility index (Phi) is 4.31. The fraction of sp³-hybridized carbons (Fsp3) is 0.391. The molecule has 5 heterocycles. The normalized spacial score (nSPS) is 22.6. The predicted molar refractivity (Wildman–Crippen MR) is 121 cm³/mol. The molecule has 32 heavy (non-hydrogen) atoms. The zero-order valence-corrected chi connectivity index (χ0v) is 18.1. The number of aromatic nitrogens is 5. The summed E-state index contributed by atoms with van der Waals surface area (Å²) in [6.45, 7) is 3.38. The molecule has 6 rings (SSSR count). The lowest BCUT2D eigenvalue weighted by molar-refractivity contribution is -0.128. The van der Waals surface area contributed by atoms with Crippen LogP contribution in [-0.2, 0) is 4.79 Å². The maximum absolute atomic E-state index is 11.7. The van der Waals surface area contributed by atoms with Gasteiger partial charge in [0.1, 0.15) is 11.3 Å². The van der Waals surface area contributed by atoms with Gasteiger partial charge in [-0.05, 0) is 36.8 Å². The van der Waals surface area contributed by atoms with Crippen LogP contribution in [0.5, 0.6) is 5.88 Å². The van der Waals surface area contributed by atoms with E-state index in [4.69, 9.17) is 9.72 Å². The van der Waals surface area contributed by atoms with Gasteiger partial charge in [0.15, 0.2) is 0 Å². The average molecular weight is 432 g/mol. The topological polar surface area (TPSA) is 100 Å². The molecule has 1 amide bonds. The molecule has 9 nitrogen and oxygen atoms in total. The van der Waals surface area contributed by atoms with Crippen LogP contribution >= 0.6 is 0 Å². The van der Waals surface area contributed by atoms with Crippen molar-refractivity contribution >= 4 is 28.5 Å². The van der Waals surface area contributed by atoms with E-state index in [0.29, 0.717) is 29.7 Å². The molecule has 2 aliphatic rings. The fourth-order valence-electron chi connectivity index (χ4n) is 5.38. The highest BCUT2D eigenvalue weighted by molar-refractivity contribution is 5.97. The first kappa shape index (κ1) is 19.1. The minimum atomic E-state index is 0.178. The number of fused-ring (bicyclic) bond motifs is 3. The van der Waals surface area contributed by atoms with E-state index in [1.165, 1.54) is 0 Å². The Morgan fingerprint density at radius 3 is 2.78 bits per heavy atom. The lowest BCUT2D eigenvalue weighted by Gasteiger charge is -2.18. The quantitative estimate of drug-likeness (QED) is 0.515. The van der Waals surface area contributed by atoms with E-state index in [1.807, 2.05) is 40.0 Å². The molecule has 0 aromatic carbocycles. The molecule has 1 aliphatic carbocycles. The first-order valence-corrected chi connectivity index (χ1v) is 11.0. The summed E-state index contributed by atoms with van der Waals surface area (Å²) >= 11 is 0. The molecular weight excluding hydrogens is 406 g/mol. The SMILES string of the molecule is COc1nc(N[C@@H]2C[C@@H]3CN(C(C)=O)C[C@@H]3C2)nc2[nH]cc(-c3ccc4nccn4c3)c12. The summed E-state index contributed by atoms with van der Waals surface area (Å²) in [6, 6.07) is 4.33. The van der Waals surface area contributed by atoms with Gasteiger partial charge in [0.25, 0.3) is 0 Å². The Morgan fingerprint density at radius 1 is 1.22 bits per heavy atom. The summed E-state index contributed by atoms with van der Waals surface area (Å²) in [5.41, 5.74) is 3.65. The van der Waals surface area contributed by atoms with Gasteiger partial charge in [-0.3, -0.25) is 4.79 Å². The zero-order valence-electron chi connectivity index (χ0n) is 18.1. The molecule has 0 radical (unpaired) electrons. The maximum atomic E-state index is 11.7. The van der Waals surface area contributed by atoms with Crippen molar-refractivity contribution in [2.75, 3.05) is 25.5 Å². The van der Waals surface area contributed by atoms with Gasteiger partial charge in [0.2, 0.25) is 17.7 Å². The van der Waals surface area contributed by atoms with Crippen molar-refractivity contribution in [3.8, 4) is 17.0 Å². The number of carbonyl (C=O) groups excluding carboxylic acids is 1. The zero-order chi connectivity index (χ0) is 21.8. The van der Waals surface area contributed by atoms with Crippen LogP contribution < -0.4 is 10.1 Å². The largest absolute Gasteiger partial charge is 0.480 e. The van der Waals surface area contributed by atoms with Gasteiger partial charge in [-0.25, -0.2) is 4.98 Å². The lowest BCUT2D eigenvalue weighted by atomic mass is 10.0. The molecule has 0 spiro atoms. The molecule has 9 heteroatoms. The first-order chi connectivity index (χ1) is 15.6. The van der Waals surface area contributed by atoms with E-state index < -0.39 is 0 Å². The van der Waals surface area contributed by atoms with Crippen LogP contribution in [0.1, 0.15) is 19.8 Å². The second-order valence-electron chi connectivity index (χ2n) is 8.85. The first-order valence-electron chi connectivity index (χ1n) is 11.0. The summed E-state index contributed by atoms with van der Waals surface area (Å²) in [7, 11) is 1.64. The number of pyridine rings is 1. The molecular formula is C23H25N7O2. The van der Waals surface area contributed by atoms with Crippen LogP contribution in [0.3, 0.4) is 0 Å². The van der Waals surface area contributed by atoms with Crippen molar-refractivity contribution in [1.29, 1.82) is 0 Å². The van der Waals surface area contributed by atoms with Crippen LogP contribution in [0, 0.1) is 11.8 Å². The van der Waals surface area contributed by atoms with Gasteiger partial charge in [-0.15, -0.1) is 0 Å². The number of aromatic amines is 1. The predicted octanol–water partition coefficient (Wildman–Crippen LogP) is 2.95. The van der Waals surface area contributed by atoms with Crippen LogP contribution in [-0.4, -0.2) is 61.4 Å². The average Bonchev–Trinajstić information content (AvgIpc) is 3.54. The van der Waals surface area contributed by atoms with Gasteiger partial charge < -0.3 is 24.3 Å². The molecule has 2 N–H and O–H groups in total. The highest BCUT2D eigenvalue weighted by Gasteiger charge is 2.41. The number of nitrogens with zero attached hydrogens (tertiary/aromatic N) is 5. The van der Waals surface area contributed by atoms with Crippen LogP contribution in [0.15, 0.2) is 36.9 Å². The Hall–Kier alpha value is -3.62. The number of imidazole rings is 1. The number of likely N-dealkylation sites (tertiary alicyclic amines) is 1. The number of hydrogen-bond donors (Lipinski definition) is 2. The summed E-state index contributed by atoms with van der Waals surface area (Å²) < 4.78 is 7.65. The van der Waals surface area contributed by atoms with E-state index in [2.05, 4.69) is 20.3 Å². The van der Waals surface area contributed by atoms with Crippen molar-refractivity contribution in [3.05, 3.63) is 36.9 Å². The number of hydrogen-bond acceptors (Lipinski definition) is 6. The third-order valence-corrected chi connectivity index (χ3v) is 6.92. The molecule has 0 unspecified atom stereocenters. The van der Waals surface area contributed by atoms with E-state index in [-0.39, 0.29) is 5.91 Å². The van der Waals surface area contributed by atoms with Gasteiger partial charge in [0, 0.05) is 62.0 Å². The standard InChI is InChI=1S/C23H25N7O2/c1-13(31)30-11-15-7-17(8-16(15)12-30)26-23-27-21-20(22(28-23)32-2)18(9-25-21)14-3-4-19-24-5-6-29(19)10-14/h3-6,9-10,15-17H,7-8,11-12H2,1-2H3,(H2,25,26,27,28)/t15-,16+,17-. The summed E-state index contributed by atoms with van der Waals surface area (Å²) in [5, 5.41) is 4.37. The lowest BCUT2D eigenvalue weighted by Crippen LogP contribution is -2.29. The van der Waals surface area contributed by atoms with Crippen molar-refractivity contribution in [2.45, 2.75) is 25.8 Å². The van der Waals surface area contributed by atoms with E-state index in [0.717, 1.165) is 53.7 Å². The molecule has 1 saturated carbocycles. The highest BCUT2D eigenvalue weighted by atomic mass is 16.5. The smallest absolute Gasteiger partial charge is 0.228 e. The van der Waals surface area contributed by atoms with E-state index >= 15 is 0 Å². The summed E-state index contributed by atoms with van der Waals surface area (Å²) in [5.74, 6) is 2.40. The van der Waals surface area contributed by atoms with E-state index in [9.17, 15) is 4.79 Å². The number of methoxy groups -OCH3 is 1. The summed E-state index contributed by atoms with van der Waals surface area (Å²) in [4.78, 5) is 30.7. The number of H-pyrrole nitrogens is 1. The minimum absolute atomic E-state index is 0.178. The number of amides is 1. The number of nitrogens with one attached hydrogen (secondary N) is 2. The Labute approximate surface area is 184 Å². The minimum Gasteiger partial charge on any atom is -0.480 e. The van der Waals surface area contributed by atoms with Gasteiger partial charge in [0.05, 0.1) is 12.5 Å². The molecule has 2 fully saturated rings. The number of anilines is 1. The molecule has 3 atom stereocenters. The van der Waals surface area contributed by atoms with Crippen molar-refractivity contribution in [3.63, 3.8) is 0 Å². The van der Waals surface area contributed by atoms with Crippen LogP contribution in [0.2, 0.25) is 0 Å². The van der Waals surface area contributed by atoms with Crippen molar-refractivity contribution in [2.24, 2.45) is 11.8 Å². The maximum Gasteiger partial charge on any atom is 0.228 e. The molecule has 164 valence electrons. The second-order valence-corrected chi connectivity index (χ2v) is 8.85. The highest BCUT2D eigenvalue weighted by Crippen LogP contribution is 2.40. The van der Waals surface area contributed by atoms with Crippen molar-refractivity contribution < 1.29 is 9.53 Å². The Bertz CT molecular complexity index is 1310. The van der Waals surface area contributed by atoms with E-state index in [1.54, 1.807) is 20.2 Å². The number of carbonyl (C=O) groups is 1. The fourth-order valence-corrected chi connectivity index (χ4v) is 5.38. The van der Waals surface area contributed by atoms with Gasteiger partial charge in [-0.1, -0.05) is 0 Å². The second kappa shape index (κ2) is 7.22. The van der Waals surface area contributed by atoms with Gasteiger partial charge in [-0.2, -0.15) is 9.97 Å². The third kappa shape index (κ3) is 3.07. The van der Waals surface area contributed by atoms with Crippen LogP contribution in [0.25, 0.3) is 27.8 Å². The molecule has 4 aromatic heterocycles. The molecule has 1 saturated heterocycles. The Balaban J connectivity index is 1.27. The Morgan fingerprint density at radius 2 is 2.03 bits per heavy atom. The third-order valence-electron chi connectivity index (χ3n) is 6.92. The van der Waals surface area contributed by atoms with Crippen LogP contribution in [0.4, 0.5) is 5.95 Å². The van der Waals surface area contributed by atoms with Gasteiger partial charge >= 0.3 is 0 Å².